The van der Waals surface area contributed by atoms with Crippen molar-refractivity contribution in [2.75, 3.05) is 28.2 Å². The first kappa shape index (κ1) is 24.9. The van der Waals surface area contributed by atoms with E-state index < -0.39 is 0 Å². The molecule has 5 nitrogen and oxygen atoms in total. The van der Waals surface area contributed by atoms with E-state index >= 15 is 0 Å². The number of likely N-dealkylation sites (N-methyl/N-ethyl adjacent to an activating group) is 4. The fraction of sp³-hybridized carbons (Fsp3) is 0.235. The van der Waals surface area contributed by atoms with Gasteiger partial charge in [0.25, 0.3) is 5.96 Å². The van der Waals surface area contributed by atoms with Gasteiger partial charge in [0.1, 0.15) is 12.1 Å². The molecule has 196 valence electrons. The van der Waals surface area contributed by atoms with Crippen LogP contribution in [0.3, 0.4) is 0 Å². The fourth-order valence-electron chi connectivity index (χ4n) is 6.47. The van der Waals surface area contributed by atoms with Crippen molar-refractivity contribution in [2.45, 2.75) is 24.2 Å². The van der Waals surface area contributed by atoms with E-state index in [-0.39, 0.29) is 24.2 Å². The molecule has 2 aliphatic rings. The highest BCUT2D eigenvalue weighted by Crippen LogP contribution is 2.44. The zero-order valence-electron chi connectivity index (χ0n) is 23.1. The van der Waals surface area contributed by atoms with Crippen molar-refractivity contribution in [1.82, 2.24) is 14.7 Å². The monoisotopic (exact) mass is 514 g/mol. The van der Waals surface area contributed by atoms with Gasteiger partial charge in [0.15, 0.2) is 0 Å². The molecule has 0 bridgehead atoms. The summed E-state index contributed by atoms with van der Waals surface area (Å²) in [5.74, 6) is 1.93. The summed E-state index contributed by atoms with van der Waals surface area (Å²) >= 11 is 0. The van der Waals surface area contributed by atoms with E-state index in [1.807, 2.05) is 0 Å². The van der Waals surface area contributed by atoms with Crippen molar-refractivity contribution in [2.24, 2.45) is 4.99 Å². The first-order chi connectivity index (χ1) is 19.1. The Labute approximate surface area is 232 Å². The molecule has 0 amide bonds. The molecule has 0 saturated carbocycles. The summed E-state index contributed by atoms with van der Waals surface area (Å²) in [5, 5.41) is 0. The molecule has 1 saturated heterocycles. The number of aliphatic imine (C=N–C) groups is 1. The largest absolute Gasteiger partial charge is 0.393 e. The van der Waals surface area contributed by atoms with Gasteiger partial charge in [-0.25, -0.2) is 0 Å². The van der Waals surface area contributed by atoms with Crippen molar-refractivity contribution >= 4 is 11.9 Å². The second-order valence-electron chi connectivity index (χ2n) is 10.6. The lowest BCUT2D eigenvalue weighted by atomic mass is 9.93. The van der Waals surface area contributed by atoms with Crippen LogP contribution in [0.25, 0.3) is 0 Å². The number of guanidine groups is 2. The van der Waals surface area contributed by atoms with E-state index in [0.717, 1.165) is 11.9 Å². The van der Waals surface area contributed by atoms with Crippen molar-refractivity contribution in [3.8, 4) is 0 Å². The third-order valence-electron chi connectivity index (χ3n) is 8.29. The molecule has 1 fully saturated rings. The maximum Gasteiger partial charge on any atom is 0.393 e. The average molecular weight is 515 g/mol. The third kappa shape index (κ3) is 4.38. The zero-order chi connectivity index (χ0) is 26.9. The Morgan fingerprint density at radius 2 is 0.846 bits per heavy atom. The number of benzene rings is 4. The molecule has 4 aromatic rings. The summed E-state index contributed by atoms with van der Waals surface area (Å²) in [6.07, 6.45) is 0. The van der Waals surface area contributed by atoms with Gasteiger partial charge >= 0.3 is 5.96 Å². The Balaban J connectivity index is 1.47. The summed E-state index contributed by atoms with van der Waals surface area (Å²) in [7, 11) is 8.70. The van der Waals surface area contributed by atoms with Crippen LogP contribution in [-0.4, -0.2) is 59.4 Å². The average Bonchev–Trinajstić information content (AvgIpc) is 3.39. The molecule has 6 rings (SSSR count). The highest BCUT2D eigenvalue weighted by atomic mass is 15.5. The molecular formula is C34H36N5+. The van der Waals surface area contributed by atoms with Crippen LogP contribution in [0.2, 0.25) is 0 Å². The van der Waals surface area contributed by atoms with E-state index in [1.165, 1.54) is 22.3 Å². The predicted octanol–water partition coefficient (Wildman–Crippen LogP) is 6.13. The van der Waals surface area contributed by atoms with Gasteiger partial charge in [-0.15, -0.1) is 0 Å². The van der Waals surface area contributed by atoms with E-state index in [9.17, 15) is 0 Å². The summed E-state index contributed by atoms with van der Waals surface area (Å²) in [6, 6.07) is 43.8. The lowest BCUT2D eigenvalue weighted by molar-refractivity contribution is -0.539. The molecule has 0 radical (unpaired) electrons. The maximum atomic E-state index is 5.44. The van der Waals surface area contributed by atoms with Crippen LogP contribution in [0.5, 0.6) is 0 Å². The molecule has 0 spiro atoms. The van der Waals surface area contributed by atoms with Crippen molar-refractivity contribution < 1.29 is 4.58 Å². The van der Waals surface area contributed by atoms with Crippen molar-refractivity contribution in [3.63, 3.8) is 0 Å². The minimum absolute atomic E-state index is 0.143. The second kappa shape index (κ2) is 10.4. The number of rotatable bonds is 4. The van der Waals surface area contributed by atoms with Gasteiger partial charge in [0.2, 0.25) is 0 Å². The summed E-state index contributed by atoms with van der Waals surface area (Å²) < 4.78 is 2.34. The van der Waals surface area contributed by atoms with E-state index in [2.05, 4.69) is 169 Å². The fourth-order valence-corrected chi connectivity index (χ4v) is 6.47. The molecule has 2 aliphatic heterocycles. The normalized spacial score (nSPS) is 23.1. The van der Waals surface area contributed by atoms with Crippen LogP contribution >= 0.6 is 0 Å². The lowest BCUT2D eigenvalue weighted by Gasteiger charge is -2.26. The SMILES string of the molecule is CN1C(N=C2N(C)[C@@H](c3ccccc3)[C@H](c3ccccc3)N2C)=[N+](C)C(c2ccccc2)C1c1ccccc1. The van der Waals surface area contributed by atoms with Gasteiger partial charge in [-0.1, -0.05) is 121 Å². The Kier molecular flexibility index (Phi) is 6.65. The van der Waals surface area contributed by atoms with Gasteiger partial charge in [-0.05, 0) is 27.2 Å². The van der Waals surface area contributed by atoms with Gasteiger partial charge in [-0.3, -0.25) is 9.48 Å². The van der Waals surface area contributed by atoms with Crippen LogP contribution in [0, 0.1) is 0 Å². The quantitative estimate of drug-likeness (QED) is 0.307. The summed E-state index contributed by atoms with van der Waals surface area (Å²) in [6.45, 7) is 0. The maximum absolute atomic E-state index is 5.44. The van der Waals surface area contributed by atoms with Gasteiger partial charge in [0.05, 0.1) is 26.2 Å². The number of nitrogens with zero attached hydrogens (tertiary/aromatic N) is 5. The van der Waals surface area contributed by atoms with Crippen LogP contribution < -0.4 is 0 Å². The molecule has 2 unspecified atom stereocenters. The standard InChI is InChI=1S/C34H36N5/c1-36-29(25-17-9-5-10-18-25)30(26-19-11-6-12-20-26)37(2)33(36)35-34-38(3)31(27-21-13-7-14-22-27)32(39(34)4)28-23-15-8-16-24-28/h5-24,29-32H,1-4H3/q+1/t29-,30-,31?,32?/m0/s1. The van der Waals surface area contributed by atoms with Crippen molar-refractivity contribution in [1.29, 1.82) is 0 Å². The molecule has 4 aromatic carbocycles. The minimum atomic E-state index is 0.143. The van der Waals surface area contributed by atoms with E-state index in [4.69, 9.17) is 4.99 Å². The topological polar surface area (TPSA) is 25.1 Å². The van der Waals surface area contributed by atoms with Crippen LogP contribution in [0.4, 0.5) is 0 Å². The molecular weight excluding hydrogens is 478 g/mol. The smallest absolute Gasteiger partial charge is 0.322 e. The Morgan fingerprint density at radius 1 is 0.487 bits per heavy atom. The summed E-state index contributed by atoms with van der Waals surface area (Å²) in [5.41, 5.74) is 5.14. The molecule has 39 heavy (non-hydrogen) atoms. The lowest BCUT2D eigenvalue weighted by Crippen LogP contribution is -2.34. The molecule has 0 aromatic heterocycles. The summed E-state index contributed by atoms with van der Waals surface area (Å²) in [4.78, 5) is 12.5. The second-order valence-corrected chi connectivity index (χ2v) is 10.6. The minimum Gasteiger partial charge on any atom is -0.322 e. The van der Waals surface area contributed by atoms with Gasteiger partial charge < -0.3 is 9.80 Å². The number of hydrogen-bond acceptors (Lipinski definition) is 2. The van der Waals surface area contributed by atoms with E-state index in [1.54, 1.807) is 0 Å². The van der Waals surface area contributed by atoms with Crippen LogP contribution in [-0.2, 0) is 0 Å². The molecule has 0 N–H and O–H groups in total. The molecule has 0 aliphatic carbocycles. The Morgan fingerprint density at radius 3 is 1.26 bits per heavy atom. The first-order valence-corrected chi connectivity index (χ1v) is 13.6. The predicted molar refractivity (Wildman–Crippen MR) is 159 cm³/mol. The first-order valence-electron chi connectivity index (χ1n) is 13.6. The van der Waals surface area contributed by atoms with Gasteiger partial charge in [0, 0.05) is 14.1 Å². The Hall–Kier alpha value is -4.38. The van der Waals surface area contributed by atoms with Crippen LogP contribution in [0.15, 0.2) is 126 Å². The molecule has 5 heteroatoms. The van der Waals surface area contributed by atoms with E-state index in [0.29, 0.717) is 0 Å². The molecule has 2 heterocycles. The van der Waals surface area contributed by atoms with Gasteiger partial charge in [-0.2, -0.15) is 0 Å². The highest BCUT2D eigenvalue weighted by molar-refractivity contribution is 5.95. The highest BCUT2D eigenvalue weighted by Gasteiger charge is 2.49. The third-order valence-corrected chi connectivity index (χ3v) is 8.29. The number of hydrogen-bond donors (Lipinski definition) is 0. The zero-order valence-corrected chi connectivity index (χ0v) is 23.1. The van der Waals surface area contributed by atoms with Crippen LogP contribution in [0.1, 0.15) is 46.4 Å². The Bertz CT molecular complexity index is 1410. The van der Waals surface area contributed by atoms with Crippen molar-refractivity contribution in [3.05, 3.63) is 144 Å². The molecule has 4 atom stereocenters.